The van der Waals surface area contributed by atoms with Gasteiger partial charge in [0, 0.05) is 0 Å². The molecule has 0 bridgehead atoms. The zero-order valence-corrected chi connectivity index (χ0v) is 12.5. The summed E-state index contributed by atoms with van der Waals surface area (Å²) in [6.45, 7) is 1.79. The quantitative estimate of drug-likeness (QED) is 0.853. The second-order valence-electron chi connectivity index (χ2n) is 4.35. The van der Waals surface area contributed by atoms with Gasteiger partial charge in [0.25, 0.3) is 0 Å². The van der Waals surface area contributed by atoms with Gasteiger partial charge in [0.05, 0.1) is 17.0 Å². The average molecular weight is 300 g/mol. The number of benzene rings is 1. The number of aliphatic hydroxyl groups excluding tert-OH is 1. The first-order valence-corrected chi connectivity index (χ1v) is 7.47. The van der Waals surface area contributed by atoms with E-state index >= 15 is 0 Å². The zero-order valence-electron chi connectivity index (χ0n) is 11.7. The number of carbonyl (C=O) groups is 1. The minimum absolute atomic E-state index is 0.0697. The van der Waals surface area contributed by atoms with Crippen LogP contribution in [0.1, 0.15) is 29.7 Å². The van der Waals surface area contributed by atoms with Gasteiger partial charge in [-0.3, -0.25) is 4.79 Å². The lowest BCUT2D eigenvalue weighted by atomic mass is 9.96. The summed E-state index contributed by atoms with van der Waals surface area (Å²) in [5.74, 6) is 5.06. The highest BCUT2D eigenvalue weighted by molar-refractivity contribution is 7.16. The van der Waals surface area contributed by atoms with E-state index in [0.29, 0.717) is 10.0 Å². The van der Waals surface area contributed by atoms with Crippen LogP contribution in [0.15, 0.2) is 36.5 Å². The summed E-state index contributed by atoms with van der Waals surface area (Å²) in [6.07, 6.45) is 2.31. The lowest BCUT2D eigenvalue weighted by molar-refractivity contribution is -0.117. The van der Waals surface area contributed by atoms with E-state index < -0.39 is 0 Å². The van der Waals surface area contributed by atoms with Crippen molar-refractivity contribution in [1.29, 1.82) is 0 Å². The molecule has 1 heterocycles. The van der Waals surface area contributed by atoms with Gasteiger partial charge in [-0.1, -0.05) is 60.4 Å². The van der Waals surface area contributed by atoms with E-state index in [4.69, 9.17) is 5.11 Å². The number of anilines is 1. The first-order valence-electron chi connectivity index (χ1n) is 6.66. The predicted octanol–water partition coefficient (Wildman–Crippen LogP) is 2.62. The maximum absolute atomic E-state index is 12.3. The van der Waals surface area contributed by atoms with Gasteiger partial charge < -0.3 is 10.4 Å². The second-order valence-corrected chi connectivity index (χ2v) is 5.38. The smallest absolute Gasteiger partial charge is 0.233 e. The van der Waals surface area contributed by atoms with Crippen molar-refractivity contribution in [2.45, 2.75) is 19.3 Å². The third-order valence-corrected chi connectivity index (χ3v) is 3.78. The molecule has 1 atom stereocenters. The highest BCUT2D eigenvalue weighted by Gasteiger charge is 2.19. The van der Waals surface area contributed by atoms with Crippen LogP contribution in [0.25, 0.3) is 0 Å². The normalized spacial score (nSPS) is 11.3. The van der Waals surface area contributed by atoms with E-state index in [1.807, 2.05) is 37.3 Å². The van der Waals surface area contributed by atoms with Crippen molar-refractivity contribution in [2.24, 2.45) is 0 Å². The Labute approximate surface area is 127 Å². The van der Waals surface area contributed by atoms with E-state index in [1.165, 1.54) is 11.3 Å². The molecule has 0 aliphatic rings. The lowest BCUT2D eigenvalue weighted by Crippen LogP contribution is -2.20. The van der Waals surface area contributed by atoms with Gasteiger partial charge >= 0.3 is 0 Å². The van der Waals surface area contributed by atoms with Crippen molar-refractivity contribution in [3.63, 3.8) is 0 Å². The Bertz CT molecular complexity index is 656. The van der Waals surface area contributed by atoms with E-state index in [-0.39, 0.29) is 18.4 Å². The van der Waals surface area contributed by atoms with Crippen LogP contribution in [-0.2, 0) is 4.79 Å². The van der Waals surface area contributed by atoms with Crippen LogP contribution in [0.2, 0.25) is 0 Å². The van der Waals surface area contributed by atoms with Gasteiger partial charge in [0.2, 0.25) is 5.91 Å². The Hall–Kier alpha value is -2.16. The van der Waals surface area contributed by atoms with Crippen LogP contribution < -0.4 is 5.32 Å². The number of hydrogen-bond donors (Lipinski definition) is 2. The van der Waals surface area contributed by atoms with Gasteiger partial charge in [-0.05, 0) is 12.0 Å². The molecule has 1 unspecified atom stereocenters. The van der Waals surface area contributed by atoms with Crippen molar-refractivity contribution in [1.82, 2.24) is 4.98 Å². The molecule has 1 aromatic heterocycles. The van der Waals surface area contributed by atoms with E-state index in [9.17, 15) is 4.79 Å². The Morgan fingerprint density at radius 1 is 1.43 bits per heavy atom. The number of carbonyl (C=O) groups excluding carboxylic acids is 1. The van der Waals surface area contributed by atoms with Crippen molar-refractivity contribution in [3.05, 3.63) is 47.0 Å². The summed E-state index contributed by atoms with van der Waals surface area (Å²) < 4.78 is 0. The van der Waals surface area contributed by atoms with Crippen LogP contribution in [0.4, 0.5) is 5.13 Å². The van der Waals surface area contributed by atoms with Crippen molar-refractivity contribution in [3.8, 4) is 11.8 Å². The second kappa shape index (κ2) is 7.58. The summed E-state index contributed by atoms with van der Waals surface area (Å²) in [6, 6.07) is 9.69. The number of nitrogens with zero attached hydrogens (tertiary/aromatic N) is 1. The maximum atomic E-state index is 12.3. The largest absolute Gasteiger partial charge is 0.384 e. The minimum atomic E-state index is -0.193. The third kappa shape index (κ3) is 4.15. The molecule has 2 N–H and O–H groups in total. The van der Waals surface area contributed by atoms with Crippen molar-refractivity contribution >= 4 is 22.4 Å². The summed E-state index contributed by atoms with van der Waals surface area (Å²) >= 11 is 1.30. The fourth-order valence-corrected chi connectivity index (χ4v) is 2.66. The number of amides is 1. The molecule has 4 nitrogen and oxygen atoms in total. The molecule has 0 spiro atoms. The molecular weight excluding hydrogens is 284 g/mol. The fraction of sp³-hybridized carbons (Fsp3) is 0.250. The fourth-order valence-electron chi connectivity index (χ4n) is 1.97. The molecule has 0 radical (unpaired) electrons. The third-order valence-electron chi connectivity index (χ3n) is 2.95. The molecule has 0 saturated carbocycles. The van der Waals surface area contributed by atoms with Gasteiger partial charge in [-0.25, -0.2) is 4.98 Å². The van der Waals surface area contributed by atoms with E-state index in [2.05, 4.69) is 22.1 Å². The summed E-state index contributed by atoms with van der Waals surface area (Å²) in [4.78, 5) is 17.2. The van der Waals surface area contributed by atoms with Gasteiger partial charge in [-0.2, -0.15) is 0 Å². The van der Waals surface area contributed by atoms with Crippen LogP contribution in [0, 0.1) is 11.8 Å². The number of aliphatic hydroxyl groups is 1. The maximum Gasteiger partial charge on any atom is 0.233 e. The Morgan fingerprint density at radius 3 is 2.86 bits per heavy atom. The Balaban J connectivity index is 2.08. The molecule has 0 aliphatic heterocycles. The van der Waals surface area contributed by atoms with E-state index in [0.717, 1.165) is 12.0 Å². The molecule has 1 aromatic carbocycles. The van der Waals surface area contributed by atoms with Gasteiger partial charge in [0.1, 0.15) is 6.61 Å². The number of nitrogens with one attached hydrogen (secondary N) is 1. The predicted molar refractivity (Wildman–Crippen MR) is 84.2 cm³/mol. The van der Waals surface area contributed by atoms with Crippen LogP contribution in [-0.4, -0.2) is 22.6 Å². The molecule has 1 amide bonds. The molecule has 5 heteroatoms. The molecule has 108 valence electrons. The SMILES string of the molecule is CCC(C(=O)Nc1ncc(C#CCO)s1)c1ccccc1. The Morgan fingerprint density at radius 2 is 2.19 bits per heavy atom. The number of thiazole rings is 1. The average Bonchev–Trinajstić information content (AvgIpc) is 2.94. The highest BCUT2D eigenvalue weighted by Crippen LogP contribution is 2.23. The molecule has 0 saturated heterocycles. The number of aromatic nitrogens is 1. The monoisotopic (exact) mass is 300 g/mol. The zero-order chi connectivity index (χ0) is 15.1. The molecule has 21 heavy (non-hydrogen) atoms. The molecular formula is C16H16N2O2S. The van der Waals surface area contributed by atoms with Crippen molar-refractivity contribution in [2.75, 3.05) is 11.9 Å². The van der Waals surface area contributed by atoms with Gasteiger partial charge in [0.15, 0.2) is 5.13 Å². The summed E-state index contributed by atoms with van der Waals surface area (Å²) in [7, 11) is 0. The van der Waals surface area contributed by atoms with Gasteiger partial charge in [-0.15, -0.1) is 0 Å². The summed E-state index contributed by atoms with van der Waals surface area (Å²) in [5.41, 5.74) is 0.995. The standard InChI is InChI=1S/C16H16N2O2S/c1-2-14(12-7-4-3-5-8-12)15(20)18-16-17-11-13(21-16)9-6-10-19/h3-5,7-8,11,14,19H,2,10H2,1H3,(H,17,18,20). The van der Waals surface area contributed by atoms with E-state index in [1.54, 1.807) is 6.20 Å². The Kier molecular flexibility index (Phi) is 5.50. The number of rotatable bonds is 4. The van der Waals surface area contributed by atoms with Crippen molar-refractivity contribution < 1.29 is 9.90 Å². The van der Waals surface area contributed by atoms with Crippen LogP contribution in [0.3, 0.4) is 0 Å². The topological polar surface area (TPSA) is 62.2 Å². The molecule has 0 aliphatic carbocycles. The minimum Gasteiger partial charge on any atom is -0.384 e. The number of hydrogen-bond acceptors (Lipinski definition) is 4. The molecule has 0 fully saturated rings. The highest BCUT2D eigenvalue weighted by atomic mass is 32.1. The molecule has 2 aromatic rings. The molecule has 2 rings (SSSR count). The van der Waals surface area contributed by atoms with Crippen LogP contribution in [0.5, 0.6) is 0 Å². The lowest BCUT2D eigenvalue weighted by Gasteiger charge is -2.13. The first-order chi connectivity index (χ1) is 10.2. The summed E-state index contributed by atoms with van der Waals surface area (Å²) in [5, 5.41) is 12.0. The first kappa shape index (κ1) is 15.2. The van der Waals surface area contributed by atoms with Crippen LogP contribution >= 0.6 is 11.3 Å².